The first-order valence-electron chi connectivity index (χ1n) is 5.58. The molecule has 2 N–H and O–H groups in total. The highest BCUT2D eigenvalue weighted by atomic mass is 16.6. The van der Waals surface area contributed by atoms with Crippen LogP contribution >= 0.6 is 0 Å². The zero-order chi connectivity index (χ0) is 13.6. The van der Waals surface area contributed by atoms with Crippen molar-refractivity contribution in [1.82, 2.24) is 25.9 Å². The van der Waals surface area contributed by atoms with Crippen molar-refractivity contribution in [3.63, 3.8) is 0 Å². The first-order valence-corrected chi connectivity index (χ1v) is 5.58. The number of alkyl carbamates (subject to hydrolysis) is 1. The Morgan fingerprint density at radius 1 is 1.56 bits per heavy atom. The fourth-order valence-electron chi connectivity index (χ4n) is 1.21. The molecule has 8 heteroatoms. The van der Waals surface area contributed by atoms with Crippen LogP contribution in [0.5, 0.6) is 0 Å². The molecule has 8 nitrogen and oxygen atoms in total. The van der Waals surface area contributed by atoms with E-state index in [-0.39, 0.29) is 0 Å². The average molecular weight is 255 g/mol. The molecule has 1 rings (SSSR count). The van der Waals surface area contributed by atoms with E-state index in [4.69, 9.17) is 4.74 Å². The molecule has 1 aromatic heterocycles. The van der Waals surface area contributed by atoms with Gasteiger partial charge in [0.25, 0.3) is 0 Å². The van der Waals surface area contributed by atoms with Crippen LogP contribution in [-0.2, 0) is 16.0 Å². The maximum absolute atomic E-state index is 11.4. The van der Waals surface area contributed by atoms with E-state index in [1.54, 1.807) is 20.8 Å². The summed E-state index contributed by atoms with van der Waals surface area (Å²) in [5.74, 6) is 0.493. The number of tetrazole rings is 1. The molecule has 100 valence electrons. The minimum atomic E-state index is -0.627. The second-order valence-corrected chi connectivity index (χ2v) is 4.76. The molecule has 18 heavy (non-hydrogen) atoms. The predicted octanol–water partition coefficient (Wildman–Crippen LogP) is 0.224. The number of carbonyl (C=O) groups is 2. The Morgan fingerprint density at radius 2 is 2.28 bits per heavy atom. The number of hydrogen-bond acceptors (Lipinski definition) is 6. The van der Waals surface area contributed by atoms with Crippen LogP contribution < -0.4 is 5.32 Å². The summed E-state index contributed by atoms with van der Waals surface area (Å²) in [4.78, 5) is 22.3. The number of aryl methyl sites for hydroxylation is 1. The summed E-state index contributed by atoms with van der Waals surface area (Å²) >= 11 is 0. The van der Waals surface area contributed by atoms with Gasteiger partial charge in [0, 0.05) is 6.42 Å². The van der Waals surface area contributed by atoms with Gasteiger partial charge in [-0.1, -0.05) is 5.21 Å². The highest BCUT2D eigenvalue weighted by molar-refractivity contribution is 5.73. The van der Waals surface area contributed by atoms with Crippen molar-refractivity contribution in [2.75, 3.05) is 0 Å². The predicted molar refractivity (Wildman–Crippen MR) is 61.7 cm³/mol. The van der Waals surface area contributed by atoms with E-state index < -0.39 is 17.7 Å². The summed E-state index contributed by atoms with van der Waals surface area (Å²) in [6.07, 6.45) is 0.870. The van der Waals surface area contributed by atoms with Gasteiger partial charge in [-0.05, 0) is 27.2 Å². The lowest BCUT2D eigenvalue weighted by Crippen LogP contribution is -2.40. The molecule has 1 amide bonds. The Kier molecular flexibility index (Phi) is 4.75. The third-order valence-corrected chi connectivity index (χ3v) is 1.93. The van der Waals surface area contributed by atoms with Gasteiger partial charge in [-0.25, -0.2) is 4.79 Å². The second-order valence-electron chi connectivity index (χ2n) is 4.76. The fourth-order valence-corrected chi connectivity index (χ4v) is 1.21. The number of nitrogens with zero attached hydrogens (tertiary/aromatic N) is 3. The number of carbonyl (C=O) groups excluding carboxylic acids is 2. The van der Waals surface area contributed by atoms with Crippen LogP contribution in [-0.4, -0.2) is 44.6 Å². The summed E-state index contributed by atoms with van der Waals surface area (Å²) in [7, 11) is 0. The van der Waals surface area contributed by atoms with Crippen molar-refractivity contribution < 1.29 is 14.3 Å². The van der Waals surface area contributed by atoms with Crippen molar-refractivity contribution in [3.05, 3.63) is 5.82 Å². The molecule has 0 aromatic carbocycles. The van der Waals surface area contributed by atoms with Gasteiger partial charge >= 0.3 is 6.09 Å². The van der Waals surface area contributed by atoms with Crippen molar-refractivity contribution in [1.29, 1.82) is 0 Å². The van der Waals surface area contributed by atoms with Crippen LogP contribution in [0.1, 0.15) is 33.0 Å². The lowest BCUT2D eigenvalue weighted by atomic mass is 10.1. The maximum atomic E-state index is 11.4. The number of ether oxygens (including phenoxy) is 1. The third-order valence-electron chi connectivity index (χ3n) is 1.93. The van der Waals surface area contributed by atoms with Crippen LogP contribution in [0.25, 0.3) is 0 Å². The molecule has 0 radical (unpaired) electrons. The van der Waals surface area contributed by atoms with Gasteiger partial charge in [0.1, 0.15) is 11.9 Å². The lowest BCUT2D eigenvalue weighted by Gasteiger charge is -2.21. The summed E-state index contributed by atoms with van der Waals surface area (Å²) in [5, 5.41) is 15.7. The lowest BCUT2D eigenvalue weighted by molar-refractivity contribution is -0.109. The zero-order valence-corrected chi connectivity index (χ0v) is 10.6. The number of aldehydes is 1. The van der Waals surface area contributed by atoms with E-state index in [2.05, 4.69) is 25.9 Å². The van der Waals surface area contributed by atoms with Gasteiger partial charge in [-0.2, -0.15) is 5.21 Å². The fraction of sp³-hybridized carbons (Fsp3) is 0.700. The van der Waals surface area contributed by atoms with Gasteiger partial charge in [-0.15, -0.1) is 10.2 Å². The first kappa shape index (κ1) is 14.1. The SMILES string of the molecule is CC(C)(C)OC(=O)N[C@H](C=O)CCc1nn[nH]n1. The highest BCUT2D eigenvalue weighted by Crippen LogP contribution is 2.07. The van der Waals surface area contributed by atoms with E-state index in [1.807, 2.05) is 0 Å². The minimum Gasteiger partial charge on any atom is -0.444 e. The number of nitrogens with one attached hydrogen (secondary N) is 2. The van der Waals surface area contributed by atoms with Crippen LogP contribution in [0.4, 0.5) is 4.79 Å². The Hall–Kier alpha value is -1.99. The van der Waals surface area contributed by atoms with Gasteiger partial charge in [0.15, 0.2) is 5.82 Å². The monoisotopic (exact) mass is 255 g/mol. The number of amides is 1. The standard InChI is InChI=1S/C10H17N5O3/c1-10(2,3)18-9(17)11-7(6-16)4-5-8-12-14-15-13-8/h6-7H,4-5H2,1-3H3,(H,11,17)(H,12,13,14,15)/t7-/m0/s1. The molecule has 0 aliphatic carbocycles. The number of aromatic amines is 1. The maximum Gasteiger partial charge on any atom is 0.408 e. The zero-order valence-electron chi connectivity index (χ0n) is 10.6. The van der Waals surface area contributed by atoms with Crippen LogP contribution in [0.2, 0.25) is 0 Å². The van der Waals surface area contributed by atoms with Gasteiger partial charge in [0.2, 0.25) is 0 Å². The third kappa shape index (κ3) is 5.37. The molecule has 0 bridgehead atoms. The normalized spacial score (nSPS) is 12.8. The Balaban J connectivity index is 2.37. The molecule has 0 fully saturated rings. The second kappa shape index (κ2) is 6.08. The van der Waals surface area contributed by atoms with Crippen LogP contribution in [0.15, 0.2) is 0 Å². The van der Waals surface area contributed by atoms with Crippen molar-refractivity contribution in [3.8, 4) is 0 Å². The van der Waals surface area contributed by atoms with E-state index in [0.717, 1.165) is 0 Å². The Morgan fingerprint density at radius 3 is 2.78 bits per heavy atom. The topological polar surface area (TPSA) is 110 Å². The number of H-pyrrole nitrogens is 1. The van der Waals surface area contributed by atoms with Gasteiger partial charge in [-0.3, -0.25) is 0 Å². The molecule has 0 spiro atoms. The summed E-state index contributed by atoms with van der Waals surface area (Å²) in [6, 6.07) is -0.627. The molecular formula is C10H17N5O3. The number of rotatable bonds is 5. The molecule has 1 aromatic rings. The Bertz CT molecular complexity index is 385. The van der Waals surface area contributed by atoms with E-state index in [1.165, 1.54) is 0 Å². The summed E-state index contributed by atoms with van der Waals surface area (Å²) < 4.78 is 5.05. The average Bonchev–Trinajstić information content (AvgIpc) is 2.74. The molecule has 0 aliphatic rings. The first-order chi connectivity index (χ1) is 8.40. The molecule has 0 aliphatic heterocycles. The number of hydrogen-bond donors (Lipinski definition) is 2. The molecule has 0 saturated carbocycles. The van der Waals surface area contributed by atoms with E-state index >= 15 is 0 Å². The van der Waals surface area contributed by atoms with Gasteiger partial charge < -0.3 is 14.8 Å². The van der Waals surface area contributed by atoms with Crippen molar-refractivity contribution >= 4 is 12.4 Å². The molecule has 1 heterocycles. The number of aromatic nitrogens is 4. The summed E-state index contributed by atoms with van der Waals surface area (Å²) in [6.45, 7) is 5.26. The van der Waals surface area contributed by atoms with Gasteiger partial charge in [0.05, 0.1) is 6.04 Å². The Labute approximate surface area is 104 Å². The smallest absolute Gasteiger partial charge is 0.408 e. The largest absolute Gasteiger partial charge is 0.444 e. The quantitative estimate of drug-likeness (QED) is 0.728. The summed E-state index contributed by atoms with van der Waals surface area (Å²) in [5.41, 5.74) is -0.592. The van der Waals surface area contributed by atoms with Crippen LogP contribution in [0, 0.1) is 0 Å². The van der Waals surface area contributed by atoms with Crippen LogP contribution in [0.3, 0.4) is 0 Å². The van der Waals surface area contributed by atoms with Crippen molar-refractivity contribution in [2.24, 2.45) is 0 Å². The molecule has 1 atom stereocenters. The molecule has 0 saturated heterocycles. The van der Waals surface area contributed by atoms with E-state index in [9.17, 15) is 9.59 Å². The highest BCUT2D eigenvalue weighted by Gasteiger charge is 2.19. The molecular weight excluding hydrogens is 238 g/mol. The minimum absolute atomic E-state index is 0.391. The van der Waals surface area contributed by atoms with Crippen molar-refractivity contribution in [2.45, 2.75) is 45.3 Å². The molecule has 0 unspecified atom stereocenters. The van der Waals surface area contributed by atoms with E-state index in [0.29, 0.717) is 25.0 Å².